The van der Waals surface area contributed by atoms with Crippen LogP contribution in [0.2, 0.25) is 0 Å². The van der Waals surface area contributed by atoms with Crippen LogP contribution in [0.15, 0.2) is 48.5 Å². The largest absolute Gasteiger partial charge is 0.497 e. The highest BCUT2D eigenvalue weighted by molar-refractivity contribution is 5.96. The summed E-state index contributed by atoms with van der Waals surface area (Å²) < 4.78 is 43.6. The van der Waals surface area contributed by atoms with Crippen molar-refractivity contribution in [2.75, 3.05) is 33.3 Å². The Morgan fingerprint density at radius 1 is 0.857 bits per heavy atom. The van der Waals surface area contributed by atoms with Crippen LogP contribution in [0.5, 0.6) is 5.75 Å². The van der Waals surface area contributed by atoms with Gasteiger partial charge in [0.15, 0.2) is 0 Å². The molecular formula is C20H19F3N2O3. The Balaban J connectivity index is 1.63. The van der Waals surface area contributed by atoms with Gasteiger partial charge >= 0.3 is 6.18 Å². The van der Waals surface area contributed by atoms with Crippen molar-refractivity contribution in [3.8, 4) is 5.75 Å². The van der Waals surface area contributed by atoms with Crippen LogP contribution in [-0.2, 0) is 6.18 Å². The van der Waals surface area contributed by atoms with Gasteiger partial charge in [-0.3, -0.25) is 9.59 Å². The second-order valence-corrected chi connectivity index (χ2v) is 6.39. The molecule has 8 heteroatoms. The Bertz CT molecular complexity index is 858. The zero-order valence-corrected chi connectivity index (χ0v) is 15.2. The van der Waals surface area contributed by atoms with E-state index in [2.05, 4.69) is 0 Å². The van der Waals surface area contributed by atoms with Gasteiger partial charge in [0.1, 0.15) is 5.75 Å². The van der Waals surface area contributed by atoms with Gasteiger partial charge < -0.3 is 14.5 Å². The van der Waals surface area contributed by atoms with E-state index < -0.39 is 17.6 Å². The van der Waals surface area contributed by atoms with E-state index in [0.717, 1.165) is 12.1 Å². The number of carbonyl (C=O) groups excluding carboxylic acids is 2. The van der Waals surface area contributed by atoms with Crippen LogP contribution in [0.4, 0.5) is 13.2 Å². The zero-order valence-electron chi connectivity index (χ0n) is 15.2. The summed E-state index contributed by atoms with van der Waals surface area (Å²) in [6.07, 6.45) is -4.50. The first-order chi connectivity index (χ1) is 13.3. The van der Waals surface area contributed by atoms with Crippen LogP contribution in [0, 0.1) is 0 Å². The molecule has 1 fully saturated rings. The highest BCUT2D eigenvalue weighted by atomic mass is 19.4. The number of hydrogen-bond acceptors (Lipinski definition) is 3. The standard InChI is InChI=1S/C20H19F3N2O3/c1-28-17-7-5-14(6-8-17)18(26)24-9-11-25(12-10-24)19(27)15-3-2-4-16(13-15)20(21,22)23/h2-8,13H,9-12H2,1H3. The number of benzene rings is 2. The molecule has 1 saturated heterocycles. The molecule has 148 valence electrons. The number of halogens is 3. The van der Waals surface area contributed by atoms with Crippen molar-refractivity contribution >= 4 is 11.8 Å². The lowest BCUT2D eigenvalue weighted by Crippen LogP contribution is -2.50. The fraction of sp³-hybridized carbons (Fsp3) is 0.300. The molecule has 0 aliphatic carbocycles. The van der Waals surface area contributed by atoms with Crippen LogP contribution < -0.4 is 4.74 Å². The van der Waals surface area contributed by atoms with Gasteiger partial charge in [-0.1, -0.05) is 6.07 Å². The van der Waals surface area contributed by atoms with Gasteiger partial charge in [-0.05, 0) is 42.5 Å². The minimum atomic E-state index is -4.50. The summed E-state index contributed by atoms with van der Waals surface area (Å²) in [6.45, 7) is 1.15. The first kappa shape index (κ1) is 19.7. The maximum Gasteiger partial charge on any atom is 0.416 e. The molecule has 0 aromatic heterocycles. The summed E-state index contributed by atoms with van der Waals surface area (Å²) in [7, 11) is 1.54. The van der Waals surface area contributed by atoms with E-state index in [9.17, 15) is 22.8 Å². The van der Waals surface area contributed by atoms with E-state index in [1.807, 2.05) is 0 Å². The van der Waals surface area contributed by atoms with Crippen LogP contribution in [0.25, 0.3) is 0 Å². The lowest BCUT2D eigenvalue weighted by molar-refractivity contribution is -0.137. The Kier molecular flexibility index (Phi) is 5.58. The minimum Gasteiger partial charge on any atom is -0.497 e. The zero-order chi connectivity index (χ0) is 20.3. The third-order valence-electron chi connectivity index (χ3n) is 4.63. The molecule has 3 rings (SSSR count). The lowest BCUT2D eigenvalue weighted by Gasteiger charge is -2.35. The molecule has 5 nitrogen and oxygen atoms in total. The Morgan fingerprint density at radius 2 is 1.39 bits per heavy atom. The SMILES string of the molecule is COc1ccc(C(=O)N2CCN(C(=O)c3cccc(C(F)(F)F)c3)CC2)cc1. The van der Waals surface area contributed by atoms with Gasteiger partial charge in [-0.25, -0.2) is 0 Å². The second-order valence-electron chi connectivity index (χ2n) is 6.39. The molecule has 2 aromatic rings. The number of alkyl halides is 3. The summed E-state index contributed by atoms with van der Waals surface area (Å²) in [4.78, 5) is 28.2. The molecule has 1 heterocycles. The van der Waals surface area contributed by atoms with Crippen LogP contribution in [0.1, 0.15) is 26.3 Å². The normalized spacial score (nSPS) is 14.7. The molecule has 0 N–H and O–H groups in total. The number of amides is 2. The molecule has 0 bridgehead atoms. The predicted molar refractivity (Wildman–Crippen MR) is 96.2 cm³/mol. The quantitative estimate of drug-likeness (QED) is 0.805. The number of rotatable bonds is 3. The van der Waals surface area contributed by atoms with E-state index in [-0.39, 0.29) is 24.6 Å². The van der Waals surface area contributed by atoms with E-state index >= 15 is 0 Å². The minimum absolute atomic E-state index is 0.00949. The van der Waals surface area contributed by atoms with E-state index in [1.165, 1.54) is 24.1 Å². The number of hydrogen-bond donors (Lipinski definition) is 0. The van der Waals surface area contributed by atoms with Crippen molar-refractivity contribution in [1.82, 2.24) is 9.80 Å². The number of methoxy groups -OCH3 is 1. The van der Waals surface area contributed by atoms with Gasteiger partial charge in [-0.2, -0.15) is 13.2 Å². The Morgan fingerprint density at radius 3 is 1.89 bits per heavy atom. The molecule has 0 atom stereocenters. The van der Waals surface area contributed by atoms with Crippen molar-refractivity contribution in [3.05, 3.63) is 65.2 Å². The van der Waals surface area contributed by atoms with Gasteiger partial charge in [-0.15, -0.1) is 0 Å². The summed E-state index contributed by atoms with van der Waals surface area (Å²) in [5.41, 5.74) is -0.352. The van der Waals surface area contributed by atoms with Crippen molar-refractivity contribution in [2.24, 2.45) is 0 Å². The van der Waals surface area contributed by atoms with Gasteiger partial charge in [0.05, 0.1) is 12.7 Å². The fourth-order valence-corrected chi connectivity index (χ4v) is 3.04. The molecule has 2 amide bonds. The summed E-state index contributed by atoms with van der Waals surface area (Å²) >= 11 is 0. The van der Waals surface area contributed by atoms with Gasteiger partial charge in [0.25, 0.3) is 11.8 Å². The second kappa shape index (κ2) is 7.92. The molecule has 0 saturated carbocycles. The third kappa shape index (κ3) is 4.27. The van der Waals surface area contributed by atoms with E-state index in [1.54, 1.807) is 29.2 Å². The third-order valence-corrected chi connectivity index (χ3v) is 4.63. The Labute approximate surface area is 160 Å². The first-order valence-corrected chi connectivity index (χ1v) is 8.69. The van der Waals surface area contributed by atoms with E-state index in [4.69, 9.17) is 4.74 Å². The van der Waals surface area contributed by atoms with Gasteiger partial charge in [0.2, 0.25) is 0 Å². The average molecular weight is 392 g/mol. The summed E-state index contributed by atoms with van der Waals surface area (Å²) in [5.74, 6) is 0.0181. The molecule has 2 aromatic carbocycles. The first-order valence-electron chi connectivity index (χ1n) is 8.69. The fourth-order valence-electron chi connectivity index (χ4n) is 3.04. The highest BCUT2D eigenvalue weighted by Crippen LogP contribution is 2.29. The van der Waals surface area contributed by atoms with Crippen LogP contribution in [-0.4, -0.2) is 54.9 Å². The highest BCUT2D eigenvalue weighted by Gasteiger charge is 2.32. The number of nitrogens with zero attached hydrogens (tertiary/aromatic N) is 2. The van der Waals surface area contributed by atoms with Crippen molar-refractivity contribution in [1.29, 1.82) is 0 Å². The Hall–Kier alpha value is -3.03. The predicted octanol–water partition coefficient (Wildman–Crippen LogP) is 3.31. The summed E-state index contributed by atoms with van der Waals surface area (Å²) in [6, 6.07) is 11.1. The molecule has 0 unspecified atom stereocenters. The molecule has 28 heavy (non-hydrogen) atoms. The average Bonchev–Trinajstić information content (AvgIpc) is 2.72. The van der Waals surface area contributed by atoms with Crippen molar-refractivity contribution in [2.45, 2.75) is 6.18 Å². The molecule has 1 aliphatic heterocycles. The van der Waals surface area contributed by atoms with Crippen molar-refractivity contribution in [3.63, 3.8) is 0 Å². The molecule has 0 spiro atoms. The maximum atomic E-state index is 12.8. The van der Waals surface area contributed by atoms with Crippen LogP contribution >= 0.6 is 0 Å². The van der Waals surface area contributed by atoms with Gasteiger partial charge in [0, 0.05) is 37.3 Å². The lowest BCUT2D eigenvalue weighted by atomic mass is 10.1. The topological polar surface area (TPSA) is 49.9 Å². The number of piperazine rings is 1. The van der Waals surface area contributed by atoms with Crippen LogP contribution in [0.3, 0.4) is 0 Å². The number of carbonyl (C=O) groups is 2. The van der Waals surface area contributed by atoms with Crippen molar-refractivity contribution < 1.29 is 27.5 Å². The number of ether oxygens (including phenoxy) is 1. The molecular weight excluding hydrogens is 373 g/mol. The molecule has 0 radical (unpaired) electrons. The monoisotopic (exact) mass is 392 g/mol. The van der Waals surface area contributed by atoms with E-state index in [0.29, 0.717) is 24.4 Å². The smallest absolute Gasteiger partial charge is 0.416 e. The summed E-state index contributed by atoms with van der Waals surface area (Å²) in [5, 5.41) is 0. The maximum absolute atomic E-state index is 12.8. The molecule has 1 aliphatic rings.